The third-order valence-electron chi connectivity index (χ3n) is 4.85. The summed E-state index contributed by atoms with van der Waals surface area (Å²) in [6.45, 7) is 10.3. The molecule has 0 fully saturated rings. The van der Waals surface area contributed by atoms with Crippen molar-refractivity contribution in [1.29, 1.82) is 0 Å². The summed E-state index contributed by atoms with van der Waals surface area (Å²) >= 11 is 0. The second-order valence-corrected chi connectivity index (χ2v) is 9.78. The van der Waals surface area contributed by atoms with Crippen LogP contribution in [0.1, 0.15) is 41.5 Å². The van der Waals surface area contributed by atoms with Crippen molar-refractivity contribution in [2.75, 3.05) is 7.11 Å². The Bertz CT molecular complexity index is 1250. The van der Waals surface area contributed by atoms with Crippen molar-refractivity contribution in [3.05, 3.63) is 52.9 Å². The van der Waals surface area contributed by atoms with E-state index in [2.05, 4.69) is 0 Å². The van der Waals surface area contributed by atoms with Gasteiger partial charge in [0.25, 0.3) is 0 Å². The number of fused-ring (bicyclic) bond motifs is 1. The van der Waals surface area contributed by atoms with Crippen LogP contribution in [-0.2, 0) is 9.59 Å². The number of hydrogen-bond donors (Lipinski definition) is 0. The van der Waals surface area contributed by atoms with Crippen LogP contribution in [0.25, 0.3) is 22.1 Å². The number of ether oxygens (including phenoxy) is 3. The predicted molar refractivity (Wildman–Crippen MR) is 125 cm³/mol. The zero-order valence-corrected chi connectivity index (χ0v) is 19.9. The van der Waals surface area contributed by atoms with Gasteiger partial charge in [0.15, 0.2) is 0 Å². The van der Waals surface area contributed by atoms with E-state index in [-0.39, 0.29) is 33.5 Å². The molecule has 0 saturated carbocycles. The lowest BCUT2D eigenvalue weighted by molar-refractivity contribution is -0.143. The van der Waals surface area contributed by atoms with E-state index in [1.54, 1.807) is 72.9 Å². The van der Waals surface area contributed by atoms with Crippen LogP contribution in [0.2, 0.25) is 0 Å². The Balaban J connectivity index is 2.19. The minimum atomic E-state index is -0.821. The number of carbonyl (C=O) groups excluding carboxylic acids is 2. The number of esters is 2. The summed E-state index contributed by atoms with van der Waals surface area (Å²) in [5.41, 5.74) is -0.922. The minimum absolute atomic E-state index is 0.0340. The second kappa shape index (κ2) is 8.73. The number of methoxy groups -OCH3 is 1. The first-order chi connectivity index (χ1) is 15.3. The lowest BCUT2D eigenvalue weighted by Gasteiger charge is -2.19. The van der Waals surface area contributed by atoms with Gasteiger partial charge in [0, 0.05) is 12.1 Å². The van der Waals surface area contributed by atoms with E-state index >= 15 is 0 Å². The van der Waals surface area contributed by atoms with Gasteiger partial charge in [0.2, 0.25) is 5.43 Å². The van der Waals surface area contributed by atoms with Crippen molar-refractivity contribution in [2.24, 2.45) is 10.8 Å². The van der Waals surface area contributed by atoms with Crippen molar-refractivity contribution >= 4 is 22.9 Å². The first-order valence-electron chi connectivity index (χ1n) is 10.5. The quantitative estimate of drug-likeness (QED) is 0.388. The molecule has 7 nitrogen and oxygen atoms in total. The molecule has 33 heavy (non-hydrogen) atoms. The molecule has 7 heteroatoms. The zero-order valence-electron chi connectivity index (χ0n) is 19.9. The Morgan fingerprint density at radius 2 is 1.39 bits per heavy atom. The molecule has 1 aromatic heterocycles. The van der Waals surface area contributed by atoms with E-state index in [1.807, 2.05) is 0 Å². The predicted octanol–water partition coefficient (Wildman–Crippen LogP) is 5.37. The molecule has 0 N–H and O–H groups in total. The van der Waals surface area contributed by atoms with Gasteiger partial charge < -0.3 is 18.6 Å². The topological polar surface area (TPSA) is 92.0 Å². The van der Waals surface area contributed by atoms with Crippen LogP contribution in [-0.4, -0.2) is 19.0 Å². The molecule has 0 saturated heterocycles. The minimum Gasteiger partial charge on any atom is -0.497 e. The van der Waals surface area contributed by atoms with E-state index < -0.39 is 22.8 Å². The number of hydrogen-bond acceptors (Lipinski definition) is 7. The highest BCUT2D eigenvalue weighted by molar-refractivity contribution is 5.92. The summed E-state index contributed by atoms with van der Waals surface area (Å²) in [6.07, 6.45) is 1.33. The Hall–Kier alpha value is -3.61. The molecular formula is C26H28O7. The highest BCUT2D eigenvalue weighted by Crippen LogP contribution is 2.34. The average molecular weight is 453 g/mol. The van der Waals surface area contributed by atoms with Gasteiger partial charge in [0.1, 0.15) is 34.5 Å². The molecule has 0 aliphatic heterocycles. The third-order valence-corrected chi connectivity index (χ3v) is 4.85. The van der Waals surface area contributed by atoms with Gasteiger partial charge in [-0.05, 0) is 59.2 Å². The molecule has 0 unspecified atom stereocenters. The van der Waals surface area contributed by atoms with Crippen LogP contribution in [0.5, 0.6) is 17.2 Å². The number of rotatable bonds is 4. The second-order valence-electron chi connectivity index (χ2n) is 9.78. The molecule has 0 radical (unpaired) electrons. The molecule has 3 aromatic rings. The number of benzene rings is 2. The fraction of sp³-hybridized carbons (Fsp3) is 0.346. The lowest BCUT2D eigenvalue weighted by Crippen LogP contribution is -2.27. The molecule has 0 bridgehead atoms. The maximum atomic E-state index is 13.4. The molecular weight excluding hydrogens is 424 g/mol. The molecule has 1 heterocycles. The van der Waals surface area contributed by atoms with Crippen LogP contribution in [0.4, 0.5) is 0 Å². The molecule has 3 rings (SSSR count). The van der Waals surface area contributed by atoms with Crippen LogP contribution in [0.3, 0.4) is 0 Å². The summed E-state index contributed by atoms with van der Waals surface area (Å²) in [7, 11) is 1.55. The third kappa shape index (κ3) is 5.25. The summed E-state index contributed by atoms with van der Waals surface area (Å²) in [4.78, 5) is 38.5. The van der Waals surface area contributed by atoms with E-state index in [0.717, 1.165) is 0 Å². The van der Waals surface area contributed by atoms with Crippen LogP contribution in [0.15, 0.2) is 51.9 Å². The van der Waals surface area contributed by atoms with Crippen molar-refractivity contribution < 1.29 is 28.2 Å². The Labute approximate surface area is 192 Å². The van der Waals surface area contributed by atoms with E-state index in [1.165, 1.54) is 18.4 Å². The van der Waals surface area contributed by atoms with Crippen molar-refractivity contribution in [3.63, 3.8) is 0 Å². The summed E-state index contributed by atoms with van der Waals surface area (Å²) in [6, 6.07) is 9.73. The average Bonchev–Trinajstić information content (AvgIpc) is 2.72. The van der Waals surface area contributed by atoms with Gasteiger partial charge in [-0.2, -0.15) is 0 Å². The highest BCUT2D eigenvalue weighted by atomic mass is 16.5. The summed E-state index contributed by atoms with van der Waals surface area (Å²) < 4.78 is 22.0. The van der Waals surface area contributed by atoms with Crippen molar-refractivity contribution in [2.45, 2.75) is 41.5 Å². The van der Waals surface area contributed by atoms with Gasteiger partial charge in [-0.1, -0.05) is 12.1 Å². The van der Waals surface area contributed by atoms with Crippen molar-refractivity contribution in [1.82, 2.24) is 0 Å². The first-order valence-corrected chi connectivity index (χ1v) is 10.5. The van der Waals surface area contributed by atoms with Crippen LogP contribution in [0, 0.1) is 10.8 Å². The van der Waals surface area contributed by atoms with Crippen LogP contribution < -0.4 is 19.6 Å². The van der Waals surface area contributed by atoms with E-state index in [4.69, 9.17) is 18.6 Å². The van der Waals surface area contributed by atoms with Crippen molar-refractivity contribution in [3.8, 4) is 28.4 Å². The van der Waals surface area contributed by atoms with Gasteiger partial charge in [-0.25, -0.2) is 0 Å². The maximum Gasteiger partial charge on any atom is 0.316 e. The zero-order chi connectivity index (χ0) is 24.6. The normalized spacial score (nSPS) is 11.8. The number of carbonyl (C=O) groups is 2. The molecule has 174 valence electrons. The first kappa shape index (κ1) is 24.0. The molecule has 0 spiro atoms. The molecule has 0 amide bonds. The fourth-order valence-electron chi connectivity index (χ4n) is 2.82. The summed E-state index contributed by atoms with van der Waals surface area (Å²) in [5.74, 6) is -0.300. The maximum absolute atomic E-state index is 13.4. The fourth-order valence-corrected chi connectivity index (χ4v) is 2.82. The smallest absolute Gasteiger partial charge is 0.316 e. The van der Waals surface area contributed by atoms with Crippen LogP contribution >= 0.6 is 0 Å². The van der Waals surface area contributed by atoms with Gasteiger partial charge in [-0.15, -0.1) is 0 Å². The lowest BCUT2D eigenvalue weighted by atomic mass is 9.97. The molecule has 0 aliphatic carbocycles. The van der Waals surface area contributed by atoms with Gasteiger partial charge in [0.05, 0.1) is 23.5 Å². The van der Waals surface area contributed by atoms with Gasteiger partial charge >= 0.3 is 11.9 Å². The van der Waals surface area contributed by atoms with E-state index in [0.29, 0.717) is 11.3 Å². The molecule has 2 aromatic carbocycles. The molecule has 0 atom stereocenters. The Morgan fingerprint density at radius 3 is 1.94 bits per heavy atom. The monoisotopic (exact) mass is 452 g/mol. The standard InChI is InChI=1S/C26H28O7/c1-25(2,3)23(28)32-17-12-19-21(20(13-17)33-24(29)26(4,5)6)22(27)18(14-31-19)15-8-10-16(30-7)11-9-15/h8-14H,1-7H3. The van der Waals surface area contributed by atoms with Gasteiger partial charge in [-0.3, -0.25) is 14.4 Å². The largest absolute Gasteiger partial charge is 0.497 e. The SMILES string of the molecule is COc1ccc(-c2coc3cc(OC(=O)C(C)(C)C)cc(OC(=O)C(C)(C)C)c3c2=O)cc1. The molecule has 0 aliphatic rings. The highest BCUT2D eigenvalue weighted by Gasteiger charge is 2.28. The summed E-state index contributed by atoms with van der Waals surface area (Å²) in [5, 5.41) is 0.0801. The van der Waals surface area contributed by atoms with E-state index in [9.17, 15) is 14.4 Å². The Morgan fingerprint density at radius 1 is 0.818 bits per heavy atom. The Kier molecular flexibility index (Phi) is 6.36.